The first-order chi connectivity index (χ1) is 22.8. The van der Waals surface area contributed by atoms with Crippen LogP contribution in [0.1, 0.15) is 134 Å². The molecule has 0 spiro atoms. The average Bonchev–Trinajstić information content (AvgIpc) is 2.87. The zero-order chi connectivity index (χ0) is 37.3. The van der Waals surface area contributed by atoms with E-state index in [-0.39, 0.29) is 66.4 Å². The van der Waals surface area contributed by atoms with Crippen LogP contribution < -0.4 is 0 Å². The van der Waals surface area contributed by atoms with Crippen molar-refractivity contribution < 1.29 is 51.9 Å². The highest BCUT2D eigenvalue weighted by Crippen LogP contribution is 2.40. The minimum atomic E-state index is -1.82. The van der Waals surface area contributed by atoms with Crippen LogP contribution in [0, 0.1) is 0 Å². The molecule has 4 fully saturated rings. The number of esters is 1. The number of hydrogen-bond acceptors (Lipinski definition) is 11. The summed E-state index contributed by atoms with van der Waals surface area (Å²) < 4.78 is 62.8. The van der Waals surface area contributed by atoms with Crippen LogP contribution in [0.15, 0.2) is 0 Å². The molecule has 4 aliphatic heterocycles. The van der Waals surface area contributed by atoms with E-state index < -0.39 is 31.5 Å². The van der Waals surface area contributed by atoms with Gasteiger partial charge in [0.15, 0.2) is 31.5 Å². The zero-order valence-corrected chi connectivity index (χ0v) is 34.7. The Kier molecular flexibility index (Phi) is 13.4. The highest BCUT2D eigenvalue weighted by atomic mass is 28.4. The van der Waals surface area contributed by atoms with Crippen LogP contribution in [0.2, 0.25) is 18.1 Å². The molecule has 0 aromatic rings. The minimum absolute atomic E-state index is 0.00668. The highest BCUT2D eigenvalue weighted by Gasteiger charge is 2.45. The van der Waals surface area contributed by atoms with Crippen molar-refractivity contribution in [3.63, 3.8) is 0 Å². The van der Waals surface area contributed by atoms with E-state index in [9.17, 15) is 4.79 Å². The average molecular weight is 731 g/mol. The first kappa shape index (κ1) is 42.1. The topological polar surface area (TPSA) is 109 Å². The summed E-state index contributed by atoms with van der Waals surface area (Å²) in [4.78, 5) is 11.4. The van der Waals surface area contributed by atoms with Crippen LogP contribution in [0.5, 0.6) is 0 Å². The number of carbonyl (C=O) groups excluding carboxylic acids is 1. The van der Waals surface area contributed by atoms with E-state index >= 15 is 0 Å². The molecule has 0 N–H and O–H groups in total. The Labute approximate surface area is 303 Å². The first-order valence-corrected chi connectivity index (χ1v) is 21.9. The maximum Gasteiger partial charge on any atom is 0.302 e. The SMILES string of the molecule is CC(=O)OC[C@H]1C[C@@H](C[C@@H]2C[C@H](C[C@H]3C[C@H](C[C@@H]4C[C@H](CCO[Si](C)(C)C(C)(C)C)OC(C)(C)O4)OC(C)(C)O3)OC(C)(C)O2)OC(C)(C)O1. The quantitative estimate of drug-likeness (QED) is 0.145. The molecule has 4 aliphatic rings. The van der Waals surface area contributed by atoms with Crippen molar-refractivity contribution >= 4 is 14.3 Å². The van der Waals surface area contributed by atoms with E-state index in [1.165, 1.54) is 6.92 Å². The molecule has 0 aromatic carbocycles. The molecule has 292 valence electrons. The number of ether oxygens (including phenoxy) is 9. The number of carbonyl (C=O) groups is 1. The van der Waals surface area contributed by atoms with E-state index in [4.69, 9.17) is 47.1 Å². The summed E-state index contributed by atoms with van der Waals surface area (Å²) in [7, 11) is -1.82. The summed E-state index contributed by atoms with van der Waals surface area (Å²) in [6.07, 6.45) is 5.47. The molecule has 4 heterocycles. The maximum absolute atomic E-state index is 11.4. The van der Waals surface area contributed by atoms with Crippen LogP contribution >= 0.6 is 0 Å². The Morgan fingerprint density at radius 3 is 1.22 bits per heavy atom. The maximum atomic E-state index is 11.4. The fourth-order valence-electron chi connectivity index (χ4n) is 7.78. The van der Waals surface area contributed by atoms with Crippen LogP contribution in [-0.2, 0) is 51.9 Å². The standard InChI is InChI=1S/C38H70O11Si/c1-25(39)40-24-33-23-32(48-38(11,12)49-33)22-31-21-30(46-37(9,10)47-31)20-29-19-28(44-36(7,8)45-29)18-27-17-26(42-35(5,6)43-27)15-16-41-50(13,14)34(2,3)4/h26-33H,15-24H2,1-14H3/t26-,27-,28-,29+,30-,31-,32+,33+/m0/s1. The lowest BCUT2D eigenvalue weighted by atomic mass is 9.92. The van der Waals surface area contributed by atoms with Crippen molar-refractivity contribution in [1.29, 1.82) is 0 Å². The van der Waals surface area contributed by atoms with Gasteiger partial charge in [0.2, 0.25) is 0 Å². The van der Waals surface area contributed by atoms with Gasteiger partial charge in [-0.25, -0.2) is 0 Å². The number of hydrogen-bond donors (Lipinski definition) is 0. The lowest BCUT2D eigenvalue weighted by Gasteiger charge is -2.47. The Balaban J connectivity index is 1.34. The van der Waals surface area contributed by atoms with Crippen molar-refractivity contribution in [3.8, 4) is 0 Å². The minimum Gasteiger partial charge on any atom is -0.463 e. The van der Waals surface area contributed by atoms with Gasteiger partial charge in [-0.1, -0.05) is 20.8 Å². The van der Waals surface area contributed by atoms with Crippen molar-refractivity contribution in [2.45, 2.75) is 225 Å². The predicted molar refractivity (Wildman–Crippen MR) is 192 cm³/mol. The van der Waals surface area contributed by atoms with Crippen molar-refractivity contribution in [2.24, 2.45) is 0 Å². The van der Waals surface area contributed by atoms with Gasteiger partial charge in [-0.2, -0.15) is 0 Å². The van der Waals surface area contributed by atoms with E-state index in [0.717, 1.165) is 38.5 Å². The molecule has 4 rings (SSSR count). The second-order valence-electron chi connectivity index (χ2n) is 18.4. The summed E-state index contributed by atoms with van der Waals surface area (Å²) in [6, 6.07) is 0. The molecule has 11 nitrogen and oxygen atoms in total. The highest BCUT2D eigenvalue weighted by molar-refractivity contribution is 6.74. The molecule has 0 aliphatic carbocycles. The first-order valence-electron chi connectivity index (χ1n) is 19.0. The fourth-order valence-corrected chi connectivity index (χ4v) is 8.84. The van der Waals surface area contributed by atoms with Gasteiger partial charge in [0.1, 0.15) is 6.61 Å². The molecular formula is C38H70O11Si. The van der Waals surface area contributed by atoms with Crippen LogP contribution in [0.25, 0.3) is 0 Å². The molecule has 0 aromatic heterocycles. The summed E-state index contributed by atoms with van der Waals surface area (Å²) in [5, 5.41) is 0.175. The van der Waals surface area contributed by atoms with Gasteiger partial charge in [-0.15, -0.1) is 0 Å². The van der Waals surface area contributed by atoms with Gasteiger partial charge in [0.25, 0.3) is 0 Å². The van der Waals surface area contributed by atoms with Crippen LogP contribution in [0.3, 0.4) is 0 Å². The Morgan fingerprint density at radius 2 is 0.880 bits per heavy atom. The lowest BCUT2D eigenvalue weighted by Crippen LogP contribution is -2.52. The van der Waals surface area contributed by atoms with Crippen molar-refractivity contribution in [3.05, 3.63) is 0 Å². The smallest absolute Gasteiger partial charge is 0.302 e. The Hall–Kier alpha value is -0.673. The largest absolute Gasteiger partial charge is 0.463 e. The Bertz CT molecular complexity index is 1120. The molecule has 0 radical (unpaired) electrons. The van der Waals surface area contributed by atoms with Crippen molar-refractivity contribution in [1.82, 2.24) is 0 Å². The predicted octanol–water partition coefficient (Wildman–Crippen LogP) is 7.77. The summed E-state index contributed by atoms with van der Waals surface area (Å²) >= 11 is 0. The van der Waals surface area contributed by atoms with Gasteiger partial charge >= 0.3 is 5.97 Å². The van der Waals surface area contributed by atoms with Gasteiger partial charge in [0.05, 0.1) is 48.8 Å². The van der Waals surface area contributed by atoms with Gasteiger partial charge in [-0.3, -0.25) is 4.79 Å². The van der Waals surface area contributed by atoms with Crippen molar-refractivity contribution in [2.75, 3.05) is 13.2 Å². The molecule has 50 heavy (non-hydrogen) atoms. The van der Waals surface area contributed by atoms with E-state index in [0.29, 0.717) is 19.4 Å². The summed E-state index contributed by atoms with van der Waals surface area (Å²) in [6.45, 7) is 29.5. The molecule has 0 bridgehead atoms. The third-order valence-corrected chi connectivity index (χ3v) is 15.0. The van der Waals surface area contributed by atoms with Crippen LogP contribution in [-0.4, -0.2) is 99.5 Å². The van der Waals surface area contributed by atoms with E-state index in [2.05, 4.69) is 33.9 Å². The fraction of sp³-hybridized carbons (Fsp3) is 0.974. The van der Waals surface area contributed by atoms with E-state index in [1.54, 1.807) is 0 Å². The third kappa shape index (κ3) is 13.0. The molecular weight excluding hydrogens is 660 g/mol. The molecule has 0 saturated carbocycles. The lowest BCUT2D eigenvalue weighted by molar-refractivity contribution is -0.339. The monoisotopic (exact) mass is 730 g/mol. The normalized spacial score (nSPS) is 35.7. The van der Waals surface area contributed by atoms with Gasteiger partial charge in [0, 0.05) is 58.5 Å². The molecule has 8 atom stereocenters. The zero-order valence-electron chi connectivity index (χ0n) is 33.7. The Morgan fingerprint density at radius 1 is 0.580 bits per heavy atom. The molecule has 12 heteroatoms. The summed E-state index contributed by atoms with van der Waals surface area (Å²) in [5.41, 5.74) is 0. The third-order valence-electron chi connectivity index (χ3n) is 10.5. The molecule has 0 unspecified atom stereocenters. The van der Waals surface area contributed by atoms with Crippen LogP contribution in [0.4, 0.5) is 0 Å². The van der Waals surface area contributed by atoms with E-state index in [1.807, 2.05) is 55.4 Å². The summed E-state index contributed by atoms with van der Waals surface area (Å²) in [5.74, 6) is -3.26. The van der Waals surface area contributed by atoms with Gasteiger partial charge < -0.3 is 47.1 Å². The molecule has 4 saturated heterocycles. The second-order valence-corrected chi connectivity index (χ2v) is 23.2. The molecule has 0 amide bonds. The number of rotatable bonds is 12. The second kappa shape index (κ2) is 16.0. The van der Waals surface area contributed by atoms with Gasteiger partial charge in [-0.05, 0) is 79.9 Å².